The third kappa shape index (κ3) is 22.1. The van der Waals surface area contributed by atoms with Gasteiger partial charge in [0.1, 0.15) is 58.1 Å². The number of hydrogen-bond acceptors (Lipinski definition) is 32. The lowest BCUT2D eigenvalue weighted by Gasteiger charge is -2.43. The molecule has 8 unspecified atom stereocenters. The predicted molar refractivity (Wildman–Crippen MR) is 508 cm³/mol. The molecule has 0 radical (unpaired) electrons. The number of anilines is 3. The molecule has 0 aromatic carbocycles. The second-order valence-corrected chi connectivity index (χ2v) is 35.7. The molecule has 17 aromatic rings. The fourth-order valence-corrected chi connectivity index (χ4v) is 18.0. The summed E-state index contributed by atoms with van der Waals surface area (Å²) >= 11 is 0. The second kappa shape index (κ2) is 41.9. The van der Waals surface area contributed by atoms with Gasteiger partial charge in [0.25, 0.3) is 0 Å². The van der Waals surface area contributed by atoms with Crippen molar-refractivity contribution in [3.05, 3.63) is 231 Å². The van der Waals surface area contributed by atoms with Gasteiger partial charge in [0.15, 0.2) is 85.8 Å². The molecule has 5 saturated heterocycles. The lowest BCUT2D eigenvalue weighted by Crippen LogP contribution is -2.54. The van der Waals surface area contributed by atoms with Crippen LogP contribution >= 0.6 is 0 Å². The van der Waals surface area contributed by atoms with E-state index in [1.54, 1.807) is 73.7 Å². The first-order valence-corrected chi connectivity index (χ1v) is 47.1. The van der Waals surface area contributed by atoms with Gasteiger partial charge in [-0.05, 0) is 108 Å². The lowest BCUT2D eigenvalue weighted by molar-refractivity contribution is -0.142. The summed E-state index contributed by atoms with van der Waals surface area (Å²) in [6.45, 7) is 14.8. The summed E-state index contributed by atoms with van der Waals surface area (Å²) in [5.74, 6) is 3.36. The number of morpholine rings is 2. The third-order valence-electron chi connectivity index (χ3n) is 25.6. The van der Waals surface area contributed by atoms with E-state index >= 15 is 0 Å². The van der Waals surface area contributed by atoms with Gasteiger partial charge < -0.3 is 38.8 Å². The molecular weight excluding hydrogens is 1990 g/mol. The smallest absolute Gasteiger partial charge is 0.393 e. The summed E-state index contributed by atoms with van der Waals surface area (Å²) < 4.78 is 229. The number of halogens is 15. The Bertz CT molecular complexity index is 7680. The average molecular weight is 2080 g/mol. The number of nitrogens with zero attached hydrogens (tertiary/aromatic N) is 34. The van der Waals surface area contributed by atoms with Gasteiger partial charge in [-0.25, -0.2) is 99.7 Å². The molecule has 54 heteroatoms. The van der Waals surface area contributed by atoms with E-state index in [0.717, 1.165) is 123 Å². The molecule has 0 amide bonds. The van der Waals surface area contributed by atoms with Crippen molar-refractivity contribution < 1.29 is 89.9 Å². The minimum Gasteiger partial charge on any atom is -0.393 e. The Morgan fingerprint density at radius 1 is 0.340 bits per heavy atom. The van der Waals surface area contributed by atoms with Crippen LogP contribution in [0, 0.1) is 0 Å². The van der Waals surface area contributed by atoms with Crippen LogP contribution in [0.1, 0.15) is 107 Å². The zero-order valence-corrected chi connectivity index (χ0v) is 79.5. The van der Waals surface area contributed by atoms with Crippen molar-refractivity contribution in [1.82, 2.24) is 141 Å². The van der Waals surface area contributed by atoms with E-state index in [1.165, 1.54) is 53.0 Å². The van der Waals surface area contributed by atoms with Crippen molar-refractivity contribution >= 4 is 58.1 Å². The van der Waals surface area contributed by atoms with Crippen LogP contribution in [0.4, 0.5) is 83.3 Å². The van der Waals surface area contributed by atoms with Gasteiger partial charge in [0, 0.05) is 144 Å². The fourth-order valence-electron chi connectivity index (χ4n) is 18.0. The van der Waals surface area contributed by atoms with E-state index in [-0.39, 0.29) is 112 Å². The second-order valence-electron chi connectivity index (χ2n) is 35.7. The van der Waals surface area contributed by atoms with Crippen molar-refractivity contribution in [1.29, 1.82) is 0 Å². The van der Waals surface area contributed by atoms with Gasteiger partial charge in [0.2, 0.25) is 0 Å². The summed E-state index contributed by atoms with van der Waals surface area (Å²) in [6, 6.07) is 9.23. The number of rotatable bonds is 14. The molecule has 0 aliphatic carbocycles. The van der Waals surface area contributed by atoms with Crippen LogP contribution in [0.25, 0.3) is 108 Å². The van der Waals surface area contributed by atoms with E-state index in [2.05, 4.69) is 144 Å². The Hall–Kier alpha value is -16.1. The van der Waals surface area contributed by atoms with E-state index in [4.69, 9.17) is 18.9 Å². The first-order valence-electron chi connectivity index (χ1n) is 47.1. The van der Waals surface area contributed by atoms with E-state index < -0.39 is 59.4 Å². The maximum atomic E-state index is 13.1. The molecule has 776 valence electrons. The Labute approximate surface area is 838 Å². The van der Waals surface area contributed by atoms with Crippen LogP contribution < -0.4 is 14.7 Å². The standard InChI is InChI=1S/2C21H20F3N7O.C19H16F3N7O.C18H14F3N7O.C17H17F3N6O/c2*1-12-10-30(13(2)19(32-12)14-3-5-25-7-14)17-4-6-26-20(29-17)15-8-28-18-9-27-16(11-31(15)18)21(22,23)24;20-19(21,22)16-11-28-15(8-25-17(28)9-24-16)18-23-4-1-14(27-18)12-7-26-29(10-12)13-2-5-30-6-3-13;19-18(20,21)15-9-27-14(6-24-16(27)7-23-15)17-22-3-1-13(26-17)11-5-25-28(8-11)12-2-4-29-10-12;18-17(19,20)13-10-26-12(8-23-15(26)9-22-13)16-21-5-3-14(24-16)25-6-1-2-11(27)4-7-25/h2*3-4,6-9,11-13,19H,5,10H2,1-2H3;1,4,7-11,13H,2-3,5-6H2;1,3,5-9,12H,2,4,10H2;3,5,8-11,27H,1-2,4,6-7H2. The predicted octanol–water partition coefficient (Wildman–Crippen LogP) is 15.4. The van der Waals surface area contributed by atoms with E-state index in [1.807, 2.05) is 65.1 Å². The van der Waals surface area contributed by atoms with Gasteiger partial charge >= 0.3 is 30.9 Å². The molecule has 8 atom stereocenters. The molecule has 0 saturated carbocycles. The molecular formula is C96H87F15N34O5. The van der Waals surface area contributed by atoms with E-state index in [0.29, 0.717) is 123 Å². The minimum atomic E-state index is -4.56. The topological polar surface area (TPSA) is 407 Å². The first kappa shape index (κ1) is 101. The summed E-state index contributed by atoms with van der Waals surface area (Å²) in [7, 11) is 0. The number of fused-ring (bicyclic) bond motifs is 5. The summed E-state index contributed by atoms with van der Waals surface area (Å²) in [5.41, 5.74) is 2.99. The molecule has 24 rings (SSSR count). The number of imidazole rings is 5. The number of aliphatic hydroxyl groups is 1. The first-order chi connectivity index (χ1) is 72.0. The average Bonchev–Trinajstić information content (AvgIpc) is 1.75. The number of ether oxygens (including phenoxy) is 4. The van der Waals surface area contributed by atoms with Crippen LogP contribution in [0.3, 0.4) is 0 Å². The number of aliphatic hydroxyl groups excluding tert-OH is 1. The highest BCUT2D eigenvalue weighted by molar-refractivity contribution is 5.83. The SMILES string of the molecule is CC1CN(c2ccnc(-c3cnc4cnc(C(F)(F)F)cn34)n2)C(C)C(C2=CCN=C2)O1.CC1CN(c2ccnc(-c3cnc4cnc(C(F)(F)F)cn34)n2)C(C)C(C2=CCN=C2)O1.FC(F)(F)c1cn2c(-c3nccc(-c4cnn(C5CCOC5)c4)n3)cnc2cn1.FC(F)(F)c1cn2c(-c3nccc(-c4cnn(C5CCOCC5)c4)n3)cnc2cn1.OC1CCCN(c2ccnc(-c3cnc4cnc(C(F)(F)F)cn34)n2)CC1. The van der Waals surface area contributed by atoms with Crippen LogP contribution in [0.5, 0.6) is 0 Å². The van der Waals surface area contributed by atoms with Crippen molar-refractivity contribution in [3.63, 3.8) is 0 Å². The monoisotopic (exact) mass is 2080 g/mol. The highest BCUT2D eigenvalue weighted by Gasteiger charge is 2.42. The highest BCUT2D eigenvalue weighted by Crippen LogP contribution is 2.40. The summed E-state index contributed by atoms with van der Waals surface area (Å²) in [5, 5.41) is 18.6. The zero-order valence-electron chi connectivity index (χ0n) is 79.5. The third-order valence-corrected chi connectivity index (χ3v) is 25.6. The number of alkyl halides is 15. The number of hydrogen-bond donors (Lipinski definition) is 1. The molecule has 5 fully saturated rings. The normalized spacial score (nSPS) is 20.0. The molecule has 24 heterocycles. The fraction of sp³-hybridized carbons (Fsp3) is 0.354. The van der Waals surface area contributed by atoms with Gasteiger partial charge in [-0.3, -0.25) is 41.4 Å². The number of aliphatic imine (C=N–C) groups is 2. The van der Waals surface area contributed by atoms with Crippen molar-refractivity contribution in [2.24, 2.45) is 9.98 Å². The minimum absolute atomic E-state index is 0.0204. The van der Waals surface area contributed by atoms with Crippen LogP contribution in [0.2, 0.25) is 0 Å². The van der Waals surface area contributed by atoms with Crippen LogP contribution in [-0.2, 0) is 49.8 Å². The molecule has 150 heavy (non-hydrogen) atoms. The Kier molecular flexibility index (Phi) is 28.3. The summed E-state index contributed by atoms with van der Waals surface area (Å²) in [6.07, 6.45) is 21.4. The molecule has 1 N–H and O–H groups in total. The maximum Gasteiger partial charge on any atom is 0.434 e. The van der Waals surface area contributed by atoms with Crippen molar-refractivity contribution in [2.75, 3.05) is 80.4 Å². The van der Waals surface area contributed by atoms with Gasteiger partial charge in [-0.15, -0.1) is 0 Å². The Balaban J connectivity index is 0.000000113. The quantitative estimate of drug-likeness (QED) is 0.0988. The maximum absolute atomic E-state index is 13.1. The van der Waals surface area contributed by atoms with Crippen LogP contribution in [0.15, 0.2) is 212 Å². The number of aromatic nitrogens is 29. The van der Waals surface area contributed by atoms with Crippen molar-refractivity contribution in [2.45, 2.75) is 152 Å². The Morgan fingerprint density at radius 3 is 1.02 bits per heavy atom. The molecule has 7 aliphatic heterocycles. The summed E-state index contributed by atoms with van der Waals surface area (Å²) in [4.78, 5) is 96.7. The zero-order chi connectivity index (χ0) is 105. The molecule has 0 bridgehead atoms. The van der Waals surface area contributed by atoms with E-state index in [9.17, 15) is 71.0 Å². The molecule has 39 nitrogen and oxygen atoms in total. The highest BCUT2D eigenvalue weighted by atomic mass is 19.4. The molecule has 0 spiro atoms. The van der Waals surface area contributed by atoms with Gasteiger partial charge in [-0.2, -0.15) is 76.1 Å². The van der Waals surface area contributed by atoms with Gasteiger partial charge in [-0.1, -0.05) is 12.2 Å². The van der Waals surface area contributed by atoms with Crippen LogP contribution in [-0.4, -0.2) is 267 Å². The largest absolute Gasteiger partial charge is 0.434 e. The molecule has 17 aromatic heterocycles. The van der Waals surface area contributed by atoms with Gasteiger partial charge in [0.05, 0.1) is 148 Å². The lowest BCUT2D eigenvalue weighted by atomic mass is 10.00. The Morgan fingerprint density at radius 2 is 0.673 bits per heavy atom. The van der Waals surface area contributed by atoms with Crippen molar-refractivity contribution in [3.8, 4) is 80.1 Å². The molecule has 7 aliphatic rings.